The van der Waals surface area contributed by atoms with Gasteiger partial charge in [0.15, 0.2) is 0 Å². The first-order valence-electron chi connectivity index (χ1n) is 8.14. The number of rotatable bonds is 2. The number of amides is 2. The second-order valence-electron chi connectivity index (χ2n) is 6.30. The lowest BCUT2D eigenvalue weighted by Gasteiger charge is -2.42. The molecule has 0 aromatic carbocycles. The molecule has 132 valence electrons. The molecule has 25 heavy (non-hydrogen) atoms. The minimum absolute atomic E-state index is 0.0565. The van der Waals surface area contributed by atoms with Gasteiger partial charge in [0.25, 0.3) is 11.8 Å². The third-order valence-electron chi connectivity index (χ3n) is 4.53. The fourth-order valence-corrected chi connectivity index (χ4v) is 3.26. The number of carbonyl (C=O) groups excluding carboxylic acids is 2. The Labute approximate surface area is 144 Å². The van der Waals surface area contributed by atoms with E-state index in [4.69, 9.17) is 13.9 Å². The first-order chi connectivity index (χ1) is 12.2. The van der Waals surface area contributed by atoms with Crippen LogP contribution in [0.3, 0.4) is 0 Å². The van der Waals surface area contributed by atoms with Gasteiger partial charge in [0.05, 0.1) is 38.3 Å². The Bertz CT molecular complexity index is 742. The number of furan rings is 1. The van der Waals surface area contributed by atoms with Crippen molar-refractivity contribution in [2.45, 2.75) is 5.60 Å². The number of carbonyl (C=O) groups is 2. The van der Waals surface area contributed by atoms with Crippen molar-refractivity contribution < 1.29 is 23.5 Å². The highest BCUT2D eigenvalue weighted by molar-refractivity contribution is 5.95. The molecule has 1 N–H and O–H groups in total. The summed E-state index contributed by atoms with van der Waals surface area (Å²) in [6.07, 6.45) is 4.76. The minimum atomic E-state index is -0.760. The average molecular weight is 345 g/mol. The van der Waals surface area contributed by atoms with Gasteiger partial charge < -0.3 is 28.7 Å². The molecule has 0 aliphatic carbocycles. The van der Waals surface area contributed by atoms with E-state index in [1.165, 1.54) is 12.5 Å². The van der Waals surface area contributed by atoms with E-state index in [1.54, 1.807) is 34.2 Å². The lowest BCUT2D eigenvalue weighted by Crippen LogP contribution is -2.61. The minimum Gasteiger partial charge on any atom is -0.470 e. The Kier molecular flexibility index (Phi) is 4.06. The molecule has 0 saturated carbocycles. The summed E-state index contributed by atoms with van der Waals surface area (Å²) in [6.45, 7) is 1.83. The summed E-state index contributed by atoms with van der Waals surface area (Å²) >= 11 is 0. The summed E-state index contributed by atoms with van der Waals surface area (Å²) in [7, 11) is 0. The van der Waals surface area contributed by atoms with Gasteiger partial charge >= 0.3 is 0 Å². The highest BCUT2D eigenvalue weighted by Gasteiger charge is 2.44. The van der Waals surface area contributed by atoms with Crippen LogP contribution in [-0.2, 0) is 14.3 Å². The van der Waals surface area contributed by atoms with E-state index in [-0.39, 0.29) is 18.4 Å². The molecule has 2 aliphatic heterocycles. The third-order valence-corrected chi connectivity index (χ3v) is 4.53. The molecular weight excluding hydrogens is 326 g/mol. The van der Waals surface area contributed by atoms with Crippen molar-refractivity contribution in [1.82, 2.24) is 9.88 Å². The van der Waals surface area contributed by atoms with E-state index < -0.39 is 5.60 Å². The Morgan fingerprint density at radius 2 is 2.20 bits per heavy atom. The quantitative estimate of drug-likeness (QED) is 0.873. The first-order valence-corrected chi connectivity index (χ1v) is 8.14. The summed E-state index contributed by atoms with van der Waals surface area (Å²) in [6, 6.07) is 5.26. The predicted octanol–water partition coefficient (Wildman–Crippen LogP) is 0.882. The fraction of sp³-hybridized carbons (Fsp3) is 0.412. The molecule has 4 heterocycles. The molecule has 8 nitrogen and oxygen atoms in total. The van der Waals surface area contributed by atoms with Crippen molar-refractivity contribution in [3.63, 3.8) is 0 Å². The zero-order chi connectivity index (χ0) is 17.3. The van der Waals surface area contributed by atoms with Crippen LogP contribution >= 0.6 is 0 Å². The van der Waals surface area contributed by atoms with E-state index in [0.29, 0.717) is 44.2 Å². The standard InChI is InChI=1S/C17H19N3O5/c21-15-9-25-17(11-20(15)13-3-6-23-8-13)10-19(5-7-24-12-17)16(22)14-2-1-4-18-14/h1-4,6,8,18H,5,7,9-12H2/t17-/m1/s1. The molecule has 2 saturated heterocycles. The molecular formula is C17H19N3O5. The summed E-state index contributed by atoms with van der Waals surface area (Å²) in [5.74, 6) is -0.247. The number of anilines is 1. The Hall–Kier alpha value is -2.58. The van der Waals surface area contributed by atoms with Gasteiger partial charge in [-0.3, -0.25) is 9.59 Å². The molecule has 1 atom stereocenters. The summed E-state index contributed by atoms with van der Waals surface area (Å²) in [5.41, 5.74) is 0.444. The van der Waals surface area contributed by atoms with Crippen molar-refractivity contribution in [2.75, 3.05) is 44.4 Å². The van der Waals surface area contributed by atoms with E-state index in [9.17, 15) is 9.59 Å². The number of hydrogen-bond donors (Lipinski definition) is 1. The lowest BCUT2D eigenvalue weighted by atomic mass is 10.0. The molecule has 2 amide bonds. The van der Waals surface area contributed by atoms with Gasteiger partial charge in [-0.1, -0.05) is 0 Å². The molecule has 2 aromatic rings. The van der Waals surface area contributed by atoms with Crippen molar-refractivity contribution in [3.05, 3.63) is 42.6 Å². The van der Waals surface area contributed by atoms with Crippen LogP contribution in [0.5, 0.6) is 0 Å². The second-order valence-corrected chi connectivity index (χ2v) is 6.30. The molecule has 0 radical (unpaired) electrons. The maximum atomic E-state index is 12.7. The Morgan fingerprint density at radius 1 is 1.28 bits per heavy atom. The number of hydrogen-bond acceptors (Lipinski definition) is 5. The van der Waals surface area contributed by atoms with Gasteiger partial charge in [-0.05, 0) is 12.1 Å². The van der Waals surface area contributed by atoms with Crippen LogP contribution in [0.1, 0.15) is 10.5 Å². The second kappa shape index (κ2) is 6.38. The van der Waals surface area contributed by atoms with Crippen LogP contribution in [-0.4, -0.2) is 66.8 Å². The summed E-state index contributed by atoms with van der Waals surface area (Å²) in [4.78, 5) is 31.2. The van der Waals surface area contributed by atoms with Crippen LogP contribution < -0.4 is 4.90 Å². The molecule has 2 fully saturated rings. The Morgan fingerprint density at radius 3 is 2.96 bits per heavy atom. The van der Waals surface area contributed by atoms with Crippen LogP contribution in [0.4, 0.5) is 5.69 Å². The average Bonchev–Trinajstić information content (AvgIpc) is 3.30. The van der Waals surface area contributed by atoms with Crippen molar-refractivity contribution in [2.24, 2.45) is 0 Å². The molecule has 1 spiro atoms. The van der Waals surface area contributed by atoms with E-state index in [1.807, 2.05) is 0 Å². The number of morpholine rings is 1. The number of aromatic amines is 1. The molecule has 2 aliphatic rings. The molecule has 2 aromatic heterocycles. The molecule has 4 rings (SSSR count). The number of aromatic nitrogens is 1. The first kappa shape index (κ1) is 15.9. The van der Waals surface area contributed by atoms with Gasteiger partial charge in [-0.2, -0.15) is 0 Å². The van der Waals surface area contributed by atoms with Crippen molar-refractivity contribution in [3.8, 4) is 0 Å². The maximum absolute atomic E-state index is 12.7. The lowest BCUT2D eigenvalue weighted by molar-refractivity contribution is -0.145. The Balaban J connectivity index is 1.57. The summed E-state index contributed by atoms with van der Waals surface area (Å²) in [5, 5.41) is 0. The molecule has 0 unspecified atom stereocenters. The predicted molar refractivity (Wildman–Crippen MR) is 87.3 cm³/mol. The fourth-order valence-electron chi connectivity index (χ4n) is 3.26. The smallest absolute Gasteiger partial charge is 0.270 e. The zero-order valence-corrected chi connectivity index (χ0v) is 13.6. The van der Waals surface area contributed by atoms with E-state index in [0.717, 1.165) is 0 Å². The van der Waals surface area contributed by atoms with Gasteiger partial charge in [0, 0.05) is 18.8 Å². The van der Waals surface area contributed by atoms with E-state index in [2.05, 4.69) is 4.98 Å². The number of ether oxygens (including phenoxy) is 2. The monoisotopic (exact) mass is 345 g/mol. The van der Waals surface area contributed by atoms with Crippen LogP contribution in [0.2, 0.25) is 0 Å². The largest absolute Gasteiger partial charge is 0.470 e. The number of H-pyrrole nitrogens is 1. The van der Waals surface area contributed by atoms with E-state index >= 15 is 0 Å². The molecule has 0 bridgehead atoms. The SMILES string of the molecule is O=C(c1ccc[nH]1)N1CCOC[C@@]2(C1)CN(c1ccoc1)C(=O)CO2. The maximum Gasteiger partial charge on any atom is 0.270 e. The number of nitrogens with one attached hydrogen (secondary N) is 1. The highest BCUT2D eigenvalue weighted by atomic mass is 16.6. The normalized spacial score (nSPS) is 24.6. The van der Waals surface area contributed by atoms with Gasteiger partial charge in [0.1, 0.15) is 24.2 Å². The van der Waals surface area contributed by atoms with Crippen molar-refractivity contribution in [1.29, 1.82) is 0 Å². The van der Waals surface area contributed by atoms with Crippen LogP contribution in [0.25, 0.3) is 0 Å². The highest BCUT2D eigenvalue weighted by Crippen LogP contribution is 2.27. The molecule has 8 heteroatoms. The van der Waals surface area contributed by atoms with Crippen molar-refractivity contribution >= 4 is 17.5 Å². The van der Waals surface area contributed by atoms with Crippen LogP contribution in [0.15, 0.2) is 41.3 Å². The van der Waals surface area contributed by atoms with Gasteiger partial charge in [0.2, 0.25) is 0 Å². The van der Waals surface area contributed by atoms with Gasteiger partial charge in [-0.25, -0.2) is 0 Å². The van der Waals surface area contributed by atoms with Gasteiger partial charge in [-0.15, -0.1) is 0 Å². The van der Waals surface area contributed by atoms with Crippen LogP contribution in [0, 0.1) is 0 Å². The zero-order valence-electron chi connectivity index (χ0n) is 13.6. The topological polar surface area (TPSA) is 88.0 Å². The summed E-state index contributed by atoms with van der Waals surface area (Å²) < 4.78 is 16.7. The third kappa shape index (κ3) is 3.06. The number of nitrogens with zero attached hydrogens (tertiary/aromatic N) is 2.